The van der Waals surface area contributed by atoms with Gasteiger partial charge in [0.15, 0.2) is 5.69 Å². The molecule has 1 unspecified atom stereocenters. The lowest BCUT2D eigenvalue weighted by atomic mass is 9.98. The van der Waals surface area contributed by atoms with Gasteiger partial charge in [0.2, 0.25) is 0 Å². The minimum atomic E-state index is -0.287. The Labute approximate surface area is 187 Å². The van der Waals surface area contributed by atoms with Crippen LogP contribution < -0.4 is 4.74 Å². The van der Waals surface area contributed by atoms with E-state index in [1.165, 1.54) is 0 Å². The number of para-hydroxylation sites is 1. The highest BCUT2D eigenvalue weighted by atomic mass is 16.5. The minimum absolute atomic E-state index is 0.177. The van der Waals surface area contributed by atoms with E-state index in [0.717, 1.165) is 35.5 Å². The van der Waals surface area contributed by atoms with Gasteiger partial charge in [-0.2, -0.15) is 5.10 Å². The largest absolute Gasteiger partial charge is 0.497 e. The number of nitrogens with zero attached hydrogens (tertiary/aromatic N) is 3. The number of aromatic nitrogens is 2. The third-order valence-electron chi connectivity index (χ3n) is 5.64. The molecule has 2 heterocycles. The van der Waals surface area contributed by atoms with Crippen LogP contribution >= 0.6 is 0 Å². The number of piperidine rings is 1. The molecule has 1 amide bonds. The summed E-state index contributed by atoms with van der Waals surface area (Å²) in [6.45, 7) is 3.09. The average molecular weight is 434 g/mol. The van der Waals surface area contributed by atoms with Gasteiger partial charge in [-0.25, -0.2) is 4.68 Å². The van der Waals surface area contributed by atoms with Gasteiger partial charge < -0.3 is 14.4 Å². The first kappa shape index (κ1) is 21.6. The molecule has 0 saturated carbocycles. The minimum Gasteiger partial charge on any atom is -0.497 e. The van der Waals surface area contributed by atoms with Crippen molar-refractivity contribution >= 4 is 11.9 Å². The molecule has 1 aliphatic heterocycles. The summed E-state index contributed by atoms with van der Waals surface area (Å²) in [6, 6.07) is 19.2. The van der Waals surface area contributed by atoms with Crippen molar-refractivity contribution in [3.63, 3.8) is 0 Å². The van der Waals surface area contributed by atoms with Crippen molar-refractivity contribution in [1.82, 2.24) is 14.7 Å². The van der Waals surface area contributed by atoms with Crippen molar-refractivity contribution in [3.05, 3.63) is 66.4 Å². The van der Waals surface area contributed by atoms with Crippen LogP contribution in [0.25, 0.3) is 16.9 Å². The highest BCUT2D eigenvalue weighted by molar-refractivity contribution is 5.94. The van der Waals surface area contributed by atoms with E-state index in [1.807, 2.05) is 60.7 Å². The van der Waals surface area contributed by atoms with Crippen LogP contribution in [0.3, 0.4) is 0 Å². The topological polar surface area (TPSA) is 73.7 Å². The summed E-state index contributed by atoms with van der Waals surface area (Å²) in [5.74, 6) is 0.0567. The van der Waals surface area contributed by atoms with Gasteiger partial charge in [0, 0.05) is 18.7 Å². The third kappa shape index (κ3) is 4.51. The van der Waals surface area contributed by atoms with Crippen LogP contribution in [-0.4, -0.2) is 53.4 Å². The Hall–Kier alpha value is -3.61. The second-order valence-electron chi connectivity index (χ2n) is 7.73. The van der Waals surface area contributed by atoms with E-state index in [1.54, 1.807) is 23.6 Å². The zero-order valence-corrected chi connectivity index (χ0v) is 18.4. The molecule has 1 atom stereocenters. The SMILES string of the molecule is CCOC(=O)C1CCCN(C(=O)c2cc(-c3ccc(OC)cc3)n(-c3ccccc3)n2)C1. The second kappa shape index (κ2) is 9.68. The fourth-order valence-corrected chi connectivity index (χ4v) is 4.00. The summed E-state index contributed by atoms with van der Waals surface area (Å²) in [5, 5.41) is 4.66. The lowest BCUT2D eigenvalue weighted by Crippen LogP contribution is -2.43. The number of esters is 1. The maximum Gasteiger partial charge on any atom is 0.310 e. The fraction of sp³-hybridized carbons (Fsp3) is 0.320. The molecule has 166 valence electrons. The van der Waals surface area contributed by atoms with Crippen molar-refractivity contribution in [2.75, 3.05) is 26.8 Å². The van der Waals surface area contributed by atoms with Crippen molar-refractivity contribution < 1.29 is 19.1 Å². The van der Waals surface area contributed by atoms with Crippen LogP contribution in [0, 0.1) is 5.92 Å². The molecule has 1 aromatic heterocycles. The number of hydrogen-bond acceptors (Lipinski definition) is 5. The molecule has 1 fully saturated rings. The maximum absolute atomic E-state index is 13.3. The zero-order chi connectivity index (χ0) is 22.5. The number of carbonyl (C=O) groups excluding carboxylic acids is 2. The van der Waals surface area contributed by atoms with E-state index in [9.17, 15) is 9.59 Å². The smallest absolute Gasteiger partial charge is 0.310 e. The number of amides is 1. The monoisotopic (exact) mass is 433 g/mol. The van der Waals surface area contributed by atoms with Crippen LogP contribution in [-0.2, 0) is 9.53 Å². The molecule has 32 heavy (non-hydrogen) atoms. The van der Waals surface area contributed by atoms with E-state index in [0.29, 0.717) is 25.4 Å². The molecule has 4 rings (SSSR count). The normalized spacial score (nSPS) is 15.9. The first-order chi connectivity index (χ1) is 15.6. The second-order valence-corrected chi connectivity index (χ2v) is 7.73. The molecule has 3 aromatic rings. The highest BCUT2D eigenvalue weighted by Crippen LogP contribution is 2.27. The van der Waals surface area contributed by atoms with Crippen LogP contribution in [0.5, 0.6) is 5.75 Å². The quantitative estimate of drug-likeness (QED) is 0.550. The van der Waals surface area contributed by atoms with E-state index < -0.39 is 0 Å². The number of methoxy groups -OCH3 is 1. The van der Waals surface area contributed by atoms with Gasteiger partial charge in [-0.1, -0.05) is 18.2 Å². The van der Waals surface area contributed by atoms with Gasteiger partial charge in [0.05, 0.1) is 31.0 Å². The highest BCUT2D eigenvalue weighted by Gasteiger charge is 2.31. The number of carbonyl (C=O) groups is 2. The molecule has 0 spiro atoms. The Morgan fingerprint density at radius 1 is 1.09 bits per heavy atom. The number of rotatable bonds is 6. The van der Waals surface area contributed by atoms with Gasteiger partial charge in [-0.3, -0.25) is 9.59 Å². The van der Waals surface area contributed by atoms with Crippen LogP contribution in [0.2, 0.25) is 0 Å². The molecular formula is C25H27N3O4. The molecule has 7 heteroatoms. The molecule has 0 N–H and O–H groups in total. The number of benzene rings is 2. The fourth-order valence-electron chi connectivity index (χ4n) is 4.00. The van der Waals surface area contributed by atoms with Crippen LogP contribution in [0.15, 0.2) is 60.7 Å². The Kier molecular flexibility index (Phi) is 6.54. The van der Waals surface area contributed by atoms with Crippen molar-refractivity contribution in [1.29, 1.82) is 0 Å². The zero-order valence-electron chi connectivity index (χ0n) is 18.4. The maximum atomic E-state index is 13.3. The Bertz CT molecular complexity index is 1080. The third-order valence-corrected chi connectivity index (χ3v) is 5.64. The van der Waals surface area contributed by atoms with Crippen LogP contribution in [0.4, 0.5) is 0 Å². The van der Waals surface area contributed by atoms with Gasteiger partial charge in [-0.05, 0) is 62.2 Å². The van der Waals surface area contributed by atoms with E-state index in [4.69, 9.17) is 9.47 Å². The van der Waals surface area contributed by atoms with Gasteiger partial charge in [-0.15, -0.1) is 0 Å². The Morgan fingerprint density at radius 2 is 1.84 bits per heavy atom. The lowest BCUT2D eigenvalue weighted by Gasteiger charge is -2.31. The van der Waals surface area contributed by atoms with E-state index in [-0.39, 0.29) is 17.8 Å². The molecule has 1 aliphatic rings. The predicted molar refractivity (Wildman–Crippen MR) is 121 cm³/mol. The van der Waals surface area contributed by atoms with E-state index >= 15 is 0 Å². The number of likely N-dealkylation sites (tertiary alicyclic amines) is 1. The molecule has 0 aliphatic carbocycles. The van der Waals surface area contributed by atoms with Crippen LogP contribution in [0.1, 0.15) is 30.3 Å². The summed E-state index contributed by atoms with van der Waals surface area (Å²) in [5.41, 5.74) is 2.94. The summed E-state index contributed by atoms with van der Waals surface area (Å²) in [6.07, 6.45) is 1.50. The van der Waals surface area contributed by atoms with Gasteiger partial charge in [0.25, 0.3) is 5.91 Å². The number of ether oxygens (including phenoxy) is 2. The molecule has 2 aromatic carbocycles. The first-order valence-electron chi connectivity index (χ1n) is 10.9. The summed E-state index contributed by atoms with van der Waals surface area (Å²) < 4.78 is 12.2. The number of hydrogen-bond donors (Lipinski definition) is 0. The molecule has 1 saturated heterocycles. The molecular weight excluding hydrogens is 406 g/mol. The van der Waals surface area contributed by atoms with Crippen molar-refractivity contribution in [3.8, 4) is 22.7 Å². The standard InChI is InChI=1S/C25H27N3O4/c1-3-32-25(30)19-8-7-15-27(17-19)24(29)22-16-23(18-11-13-21(31-2)14-12-18)28(26-22)20-9-5-4-6-10-20/h4-6,9-14,16,19H,3,7-8,15,17H2,1-2H3. The molecule has 0 bridgehead atoms. The van der Waals surface area contributed by atoms with Gasteiger partial charge in [0.1, 0.15) is 5.75 Å². The summed E-state index contributed by atoms with van der Waals surface area (Å²) in [7, 11) is 1.63. The average Bonchev–Trinajstić information content (AvgIpc) is 3.30. The lowest BCUT2D eigenvalue weighted by molar-refractivity contribution is -0.149. The summed E-state index contributed by atoms with van der Waals surface area (Å²) in [4.78, 5) is 27.2. The molecule has 0 radical (unpaired) electrons. The first-order valence-corrected chi connectivity index (χ1v) is 10.9. The predicted octanol–water partition coefficient (Wildman–Crippen LogP) is 3.96. The Morgan fingerprint density at radius 3 is 2.53 bits per heavy atom. The Balaban J connectivity index is 1.66. The molecule has 7 nitrogen and oxygen atoms in total. The van der Waals surface area contributed by atoms with Gasteiger partial charge >= 0.3 is 5.97 Å². The van der Waals surface area contributed by atoms with Crippen molar-refractivity contribution in [2.45, 2.75) is 19.8 Å². The van der Waals surface area contributed by atoms with E-state index in [2.05, 4.69) is 5.10 Å². The van der Waals surface area contributed by atoms with Crippen molar-refractivity contribution in [2.24, 2.45) is 5.92 Å². The summed E-state index contributed by atoms with van der Waals surface area (Å²) >= 11 is 0.